The lowest BCUT2D eigenvalue weighted by atomic mass is 10.6. The molecule has 0 N–H and O–H groups in total. The van der Waals surface area contributed by atoms with Gasteiger partial charge >= 0.3 is 6.18 Å². The molecule has 2 aromatic heterocycles. The van der Waals surface area contributed by atoms with Gasteiger partial charge in [-0.3, -0.25) is 0 Å². The number of rotatable bonds is 2. The van der Waals surface area contributed by atoms with Gasteiger partial charge in [0.15, 0.2) is 12.3 Å². The van der Waals surface area contributed by atoms with E-state index in [9.17, 15) is 13.2 Å². The Balaban J connectivity index is 2.32. The lowest BCUT2D eigenvalue weighted by molar-refractivity contribution is -0.154. The van der Waals surface area contributed by atoms with E-state index in [0.29, 0.717) is 5.65 Å². The van der Waals surface area contributed by atoms with Crippen molar-refractivity contribution in [1.82, 2.24) is 14.6 Å². The molecule has 86 valence electrons. The molecular formula is C8H5ClF3N3O. The number of aromatic nitrogens is 3. The summed E-state index contributed by atoms with van der Waals surface area (Å²) in [6.07, 6.45) is -3.02. The lowest BCUT2D eigenvalue weighted by Gasteiger charge is -2.10. The third-order valence-electron chi connectivity index (χ3n) is 1.68. The molecule has 0 fully saturated rings. The zero-order chi connectivity index (χ0) is 11.8. The summed E-state index contributed by atoms with van der Waals surface area (Å²) in [7, 11) is 0. The van der Waals surface area contributed by atoms with E-state index in [2.05, 4.69) is 14.8 Å². The van der Waals surface area contributed by atoms with Crippen LogP contribution in [0.3, 0.4) is 0 Å². The molecule has 0 spiro atoms. The van der Waals surface area contributed by atoms with Crippen LogP contribution in [-0.2, 0) is 0 Å². The molecule has 16 heavy (non-hydrogen) atoms. The van der Waals surface area contributed by atoms with Crippen molar-refractivity contribution in [1.29, 1.82) is 0 Å². The van der Waals surface area contributed by atoms with Gasteiger partial charge in [0.1, 0.15) is 5.15 Å². The monoisotopic (exact) mass is 251 g/mol. The lowest BCUT2D eigenvalue weighted by Crippen LogP contribution is -2.20. The van der Waals surface area contributed by atoms with Crippen molar-refractivity contribution in [3.05, 3.63) is 23.5 Å². The second kappa shape index (κ2) is 3.82. The van der Waals surface area contributed by atoms with Gasteiger partial charge in [0, 0.05) is 12.1 Å². The molecule has 2 rings (SSSR count). The molecule has 0 aliphatic heterocycles. The molecular weight excluding hydrogens is 247 g/mol. The Kier molecular flexibility index (Phi) is 2.63. The minimum absolute atomic E-state index is 0.0465. The molecule has 0 bridgehead atoms. The van der Waals surface area contributed by atoms with Crippen molar-refractivity contribution < 1.29 is 17.9 Å². The molecule has 0 aliphatic carbocycles. The van der Waals surface area contributed by atoms with Crippen molar-refractivity contribution in [3.63, 3.8) is 0 Å². The Labute approximate surface area is 92.6 Å². The highest BCUT2D eigenvalue weighted by Crippen LogP contribution is 2.21. The molecule has 0 unspecified atom stereocenters. The van der Waals surface area contributed by atoms with Crippen LogP contribution >= 0.6 is 11.6 Å². The molecule has 4 nitrogen and oxygen atoms in total. The first-order valence-electron chi connectivity index (χ1n) is 4.15. The van der Waals surface area contributed by atoms with Gasteiger partial charge in [-0.05, 0) is 0 Å². The first kappa shape index (κ1) is 11.0. The normalized spacial score (nSPS) is 12.0. The van der Waals surface area contributed by atoms with E-state index in [1.807, 2.05) is 0 Å². The van der Waals surface area contributed by atoms with E-state index < -0.39 is 12.8 Å². The fourth-order valence-corrected chi connectivity index (χ4v) is 1.29. The first-order chi connectivity index (χ1) is 7.46. The van der Waals surface area contributed by atoms with E-state index in [1.165, 1.54) is 18.3 Å². The maximum absolute atomic E-state index is 12.0. The fraction of sp³-hybridized carbons (Fsp3) is 0.250. The summed E-state index contributed by atoms with van der Waals surface area (Å²) in [6.45, 7) is -1.40. The minimum atomic E-state index is -4.41. The largest absolute Gasteiger partial charge is 0.468 e. The third-order valence-corrected chi connectivity index (χ3v) is 1.87. The van der Waals surface area contributed by atoms with E-state index >= 15 is 0 Å². The molecule has 8 heteroatoms. The van der Waals surface area contributed by atoms with Crippen LogP contribution in [0.15, 0.2) is 18.3 Å². The summed E-state index contributed by atoms with van der Waals surface area (Å²) in [5.41, 5.74) is 0.324. The second-order valence-electron chi connectivity index (χ2n) is 2.92. The van der Waals surface area contributed by atoms with Gasteiger partial charge in [0.25, 0.3) is 0 Å². The highest BCUT2D eigenvalue weighted by molar-refractivity contribution is 6.29. The summed E-state index contributed by atoms with van der Waals surface area (Å²) in [5.74, 6) is -0.0997. The molecule has 0 saturated carbocycles. The molecule has 0 aliphatic rings. The van der Waals surface area contributed by atoms with Gasteiger partial charge in [0.05, 0.1) is 6.20 Å². The van der Waals surface area contributed by atoms with Crippen LogP contribution in [0.5, 0.6) is 5.88 Å². The van der Waals surface area contributed by atoms with Gasteiger partial charge < -0.3 is 4.74 Å². The van der Waals surface area contributed by atoms with Crippen molar-refractivity contribution in [2.75, 3.05) is 6.61 Å². The smallest absolute Gasteiger partial charge is 0.422 e. The predicted octanol–water partition coefficient (Wildman–Crippen LogP) is 2.32. The van der Waals surface area contributed by atoms with Crippen molar-refractivity contribution in [2.24, 2.45) is 0 Å². The zero-order valence-corrected chi connectivity index (χ0v) is 8.46. The number of ether oxygens (including phenoxy) is 1. The van der Waals surface area contributed by atoms with Crippen LogP contribution in [0.25, 0.3) is 5.65 Å². The standard InChI is InChI=1S/C8H5ClF3N3O/c9-5-3-7(16-4-8(10,11)12)15-6(14-5)1-2-13-15/h1-3H,4H2. The maximum Gasteiger partial charge on any atom is 0.422 e. The molecule has 0 saturated heterocycles. The minimum Gasteiger partial charge on any atom is -0.468 e. The van der Waals surface area contributed by atoms with Gasteiger partial charge in [-0.25, -0.2) is 4.98 Å². The second-order valence-corrected chi connectivity index (χ2v) is 3.31. The highest BCUT2D eigenvalue weighted by Gasteiger charge is 2.29. The number of hydrogen-bond donors (Lipinski definition) is 0. The fourth-order valence-electron chi connectivity index (χ4n) is 1.11. The van der Waals surface area contributed by atoms with Crippen LogP contribution < -0.4 is 4.74 Å². The van der Waals surface area contributed by atoms with Gasteiger partial charge in [-0.2, -0.15) is 22.8 Å². The number of fused-ring (bicyclic) bond motifs is 1. The van der Waals surface area contributed by atoms with Crippen LogP contribution in [-0.4, -0.2) is 27.4 Å². The van der Waals surface area contributed by atoms with Gasteiger partial charge in [-0.1, -0.05) is 11.6 Å². The quantitative estimate of drug-likeness (QED) is 0.769. The van der Waals surface area contributed by atoms with Gasteiger partial charge in [-0.15, -0.1) is 0 Å². The van der Waals surface area contributed by atoms with Crippen molar-refractivity contribution in [2.45, 2.75) is 6.18 Å². The molecule has 0 radical (unpaired) electrons. The highest BCUT2D eigenvalue weighted by atomic mass is 35.5. The Hall–Kier alpha value is -1.50. The summed E-state index contributed by atoms with van der Waals surface area (Å²) in [4.78, 5) is 3.85. The number of halogens is 4. The number of nitrogens with zero attached hydrogens (tertiary/aromatic N) is 3. The Morgan fingerprint density at radius 3 is 2.88 bits per heavy atom. The van der Waals surface area contributed by atoms with E-state index in [0.717, 1.165) is 4.52 Å². The molecule has 0 aromatic carbocycles. The molecule has 0 amide bonds. The van der Waals surface area contributed by atoms with Crippen molar-refractivity contribution >= 4 is 17.2 Å². The average Bonchev–Trinajstić information content (AvgIpc) is 2.60. The summed E-state index contributed by atoms with van der Waals surface area (Å²) >= 11 is 5.62. The van der Waals surface area contributed by atoms with Gasteiger partial charge in [0.2, 0.25) is 5.88 Å². The Morgan fingerprint density at radius 2 is 2.19 bits per heavy atom. The summed E-state index contributed by atoms with van der Waals surface area (Å²) in [6, 6.07) is 2.68. The zero-order valence-electron chi connectivity index (χ0n) is 7.70. The maximum atomic E-state index is 12.0. The number of alkyl halides is 3. The topological polar surface area (TPSA) is 39.4 Å². The SMILES string of the molecule is FC(F)(F)COc1cc(Cl)nc2ccnn12. The Bertz CT molecular complexity index is 511. The predicted molar refractivity (Wildman–Crippen MR) is 49.5 cm³/mol. The molecule has 2 aromatic rings. The van der Waals surface area contributed by atoms with Crippen LogP contribution in [0.1, 0.15) is 0 Å². The summed E-state index contributed by atoms with van der Waals surface area (Å²) < 4.78 is 41.6. The average molecular weight is 252 g/mol. The van der Waals surface area contributed by atoms with Crippen molar-refractivity contribution in [3.8, 4) is 5.88 Å². The van der Waals surface area contributed by atoms with Crippen LogP contribution in [0.4, 0.5) is 13.2 Å². The molecule has 0 atom stereocenters. The van der Waals surface area contributed by atoms with E-state index in [-0.39, 0.29) is 11.0 Å². The molecule has 2 heterocycles. The van der Waals surface area contributed by atoms with Crippen LogP contribution in [0.2, 0.25) is 5.15 Å². The summed E-state index contributed by atoms with van der Waals surface area (Å²) in [5, 5.41) is 3.81. The first-order valence-corrected chi connectivity index (χ1v) is 4.53. The Morgan fingerprint density at radius 1 is 1.44 bits per heavy atom. The van der Waals surface area contributed by atoms with Crippen LogP contribution in [0, 0.1) is 0 Å². The third kappa shape index (κ3) is 2.35. The van der Waals surface area contributed by atoms with E-state index in [4.69, 9.17) is 11.6 Å². The number of hydrogen-bond acceptors (Lipinski definition) is 3. The van der Waals surface area contributed by atoms with E-state index in [1.54, 1.807) is 0 Å².